The molecule has 0 fully saturated rings. The number of hydrogen-bond donors (Lipinski definition) is 1. The first-order valence-corrected chi connectivity index (χ1v) is 9.12. The lowest BCUT2D eigenvalue weighted by atomic mass is 10.2. The highest BCUT2D eigenvalue weighted by atomic mass is 28.4. The number of rotatable bonds is 7. The SMILES string of the molecule is CC(C)(C)[Si](C)(C)OCCCC/C=C/CO. The van der Waals surface area contributed by atoms with Crippen LogP contribution in [0.3, 0.4) is 0 Å². The first-order chi connectivity index (χ1) is 7.31. The Labute approximate surface area is 102 Å². The Hall–Kier alpha value is -0.123. The van der Waals surface area contributed by atoms with Gasteiger partial charge in [0.15, 0.2) is 8.32 Å². The van der Waals surface area contributed by atoms with E-state index in [9.17, 15) is 0 Å². The van der Waals surface area contributed by atoms with Crippen molar-refractivity contribution in [3.8, 4) is 0 Å². The van der Waals surface area contributed by atoms with Gasteiger partial charge >= 0.3 is 0 Å². The summed E-state index contributed by atoms with van der Waals surface area (Å²) < 4.78 is 6.07. The van der Waals surface area contributed by atoms with Crippen LogP contribution >= 0.6 is 0 Å². The second-order valence-electron chi connectivity index (χ2n) is 5.76. The lowest BCUT2D eigenvalue weighted by Gasteiger charge is -2.36. The summed E-state index contributed by atoms with van der Waals surface area (Å²) in [5.41, 5.74) is 0. The molecule has 0 bridgehead atoms. The lowest BCUT2D eigenvalue weighted by Crippen LogP contribution is -2.40. The van der Waals surface area contributed by atoms with Crippen LogP contribution in [0.5, 0.6) is 0 Å². The van der Waals surface area contributed by atoms with Crippen LogP contribution in [0.4, 0.5) is 0 Å². The maximum atomic E-state index is 8.56. The summed E-state index contributed by atoms with van der Waals surface area (Å²) in [7, 11) is -1.54. The highest BCUT2D eigenvalue weighted by Gasteiger charge is 2.36. The molecule has 0 saturated heterocycles. The summed E-state index contributed by atoms with van der Waals surface area (Å²) >= 11 is 0. The van der Waals surface area contributed by atoms with Crippen molar-refractivity contribution in [2.24, 2.45) is 0 Å². The molecule has 96 valence electrons. The molecule has 16 heavy (non-hydrogen) atoms. The third kappa shape index (κ3) is 6.46. The average Bonchev–Trinajstić information content (AvgIpc) is 2.14. The molecule has 0 aromatic heterocycles. The third-order valence-electron chi connectivity index (χ3n) is 3.31. The zero-order valence-corrected chi connectivity index (χ0v) is 12.5. The molecular weight excluding hydrogens is 216 g/mol. The van der Waals surface area contributed by atoms with Crippen molar-refractivity contribution in [1.82, 2.24) is 0 Å². The summed E-state index contributed by atoms with van der Waals surface area (Å²) in [6, 6.07) is 0. The number of aliphatic hydroxyl groups excluding tert-OH is 1. The minimum atomic E-state index is -1.54. The molecular formula is C13H28O2Si. The highest BCUT2D eigenvalue weighted by Crippen LogP contribution is 2.36. The third-order valence-corrected chi connectivity index (χ3v) is 7.84. The van der Waals surface area contributed by atoms with Crippen LogP contribution in [0.1, 0.15) is 40.0 Å². The van der Waals surface area contributed by atoms with Gasteiger partial charge in [-0.2, -0.15) is 0 Å². The molecule has 0 spiro atoms. The molecule has 0 rings (SSSR count). The number of hydrogen-bond acceptors (Lipinski definition) is 2. The van der Waals surface area contributed by atoms with Gasteiger partial charge in [0.2, 0.25) is 0 Å². The predicted molar refractivity (Wildman–Crippen MR) is 73.2 cm³/mol. The fraction of sp³-hybridized carbons (Fsp3) is 0.846. The van der Waals surface area contributed by atoms with Gasteiger partial charge < -0.3 is 9.53 Å². The van der Waals surface area contributed by atoms with Gasteiger partial charge in [0.1, 0.15) is 0 Å². The van der Waals surface area contributed by atoms with E-state index in [1.807, 2.05) is 6.08 Å². The van der Waals surface area contributed by atoms with Gasteiger partial charge in [0.25, 0.3) is 0 Å². The molecule has 0 aliphatic carbocycles. The molecule has 3 heteroatoms. The van der Waals surface area contributed by atoms with Crippen LogP contribution in [0.2, 0.25) is 18.1 Å². The summed E-state index contributed by atoms with van der Waals surface area (Å²) in [6.45, 7) is 12.4. The summed E-state index contributed by atoms with van der Waals surface area (Å²) in [5, 5.41) is 8.87. The second kappa shape index (κ2) is 7.25. The van der Waals surface area contributed by atoms with Crippen LogP contribution in [0.15, 0.2) is 12.2 Å². The van der Waals surface area contributed by atoms with E-state index >= 15 is 0 Å². The van der Waals surface area contributed by atoms with Crippen LogP contribution < -0.4 is 0 Å². The van der Waals surface area contributed by atoms with Crippen molar-refractivity contribution in [3.63, 3.8) is 0 Å². The van der Waals surface area contributed by atoms with Crippen molar-refractivity contribution in [2.45, 2.75) is 58.2 Å². The molecule has 0 aliphatic rings. The van der Waals surface area contributed by atoms with Crippen molar-refractivity contribution in [3.05, 3.63) is 12.2 Å². The first-order valence-electron chi connectivity index (χ1n) is 6.21. The number of unbranched alkanes of at least 4 members (excludes halogenated alkanes) is 2. The van der Waals surface area contributed by atoms with Gasteiger partial charge in [0, 0.05) is 6.61 Å². The Bertz CT molecular complexity index is 204. The molecule has 0 aromatic carbocycles. The molecule has 1 N–H and O–H groups in total. The normalized spacial score (nSPS) is 13.6. The fourth-order valence-corrected chi connectivity index (χ4v) is 2.19. The molecule has 0 saturated carbocycles. The van der Waals surface area contributed by atoms with Gasteiger partial charge in [-0.15, -0.1) is 0 Å². The molecule has 0 unspecified atom stereocenters. The average molecular weight is 244 g/mol. The Morgan fingerprint density at radius 2 is 1.75 bits per heavy atom. The Morgan fingerprint density at radius 1 is 1.12 bits per heavy atom. The topological polar surface area (TPSA) is 29.5 Å². The quantitative estimate of drug-likeness (QED) is 0.420. The van der Waals surface area contributed by atoms with Crippen molar-refractivity contribution in [2.75, 3.05) is 13.2 Å². The van der Waals surface area contributed by atoms with Crippen LogP contribution in [0, 0.1) is 0 Å². The Kier molecular flexibility index (Phi) is 7.20. The molecule has 0 heterocycles. The van der Waals surface area contributed by atoms with E-state index in [-0.39, 0.29) is 6.61 Å². The van der Waals surface area contributed by atoms with Gasteiger partial charge in [0.05, 0.1) is 6.61 Å². The van der Waals surface area contributed by atoms with Gasteiger partial charge in [-0.25, -0.2) is 0 Å². The van der Waals surface area contributed by atoms with Crippen LogP contribution in [0.25, 0.3) is 0 Å². The standard InChI is InChI=1S/C13H28O2Si/c1-13(2,3)16(4,5)15-12-10-8-6-7-9-11-14/h7,9,14H,6,8,10-12H2,1-5H3/b9-7+. The number of allylic oxidation sites excluding steroid dienone is 1. The summed E-state index contributed by atoms with van der Waals surface area (Å²) in [6.07, 6.45) is 7.13. The van der Waals surface area contributed by atoms with E-state index in [1.165, 1.54) is 0 Å². The van der Waals surface area contributed by atoms with Gasteiger partial charge in [-0.05, 0) is 37.4 Å². The Morgan fingerprint density at radius 3 is 2.25 bits per heavy atom. The molecule has 0 aromatic rings. The van der Waals surface area contributed by atoms with Crippen LogP contribution in [-0.4, -0.2) is 26.6 Å². The smallest absolute Gasteiger partial charge is 0.191 e. The summed E-state index contributed by atoms with van der Waals surface area (Å²) in [5.74, 6) is 0. The van der Waals surface area contributed by atoms with E-state index in [4.69, 9.17) is 9.53 Å². The number of aliphatic hydroxyl groups is 1. The minimum Gasteiger partial charge on any atom is -0.417 e. The Balaban J connectivity index is 3.63. The first kappa shape index (κ1) is 15.9. The van der Waals surface area contributed by atoms with E-state index < -0.39 is 8.32 Å². The predicted octanol–water partition coefficient (Wildman–Crippen LogP) is 3.73. The molecule has 0 aliphatic heterocycles. The van der Waals surface area contributed by atoms with E-state index in [1.54, 1.807) is 6.08 Å². The van der Waals surface area contributed by atoms with Crippen molar-refractivity contribution < 1.29 is 9.53 Å². The minimum absolute atomic E-state index is 0.153. The van der Waals surface area contributed by atoms with Gasteiger partial charge in [-0.1, -0.05) is 32.9 Å². The van der Waals surface area contributed by atoms with E-state index in [0.717, 1.165) is 25.9 Å². The monoisotopic (exact) mass is 244 g/mol. The second-order valence-corrected chi connectivity index (χ2v) is 10.6. The van der Waals surface area contributed by atoms with E-state index in [2.05, 4.69) is 33.9 Å². The van der Waals surface area contributed by atoms with E-state index in [0.29, 0.717) is 5.04 Å². The maximum Gasteiger partial charge on any atom is 0.191 e. The molecule has 2 nitrogen and oxygen atoms in total. The molecule has 0 amide bonds. The highest BCUT2D eigenvalue weighted by molar-refractivity contribution is 6.74. The summed E-state index contributed by atoms with van der Waals surface area (Å²) in [4.78, 5) is 0. The van der Waals surface area contributed by atoms with Crippen molar-refractivity contribution in [1.29, 1.82) is 0 Å². The zero-order valence-electron chi connectivity index (χ0n) is 11.5. The van der Waals surface area contributed by atoms with Crippen LogP contribution in [-0.2, 0) is 4.43 Å². The van der Waals surface area contributed by atoms with Gasteiger partial charge in [-0.3, -0.25) is 0 Å². The molecule has 0 atom stereocenters. The largest absolute Gasteiger partial charge is 0.417 e. The lowest BCUT2D eigenvalue weighted by molar-refractivity contribution is 0.279. The molecule has 0 radical (unpaired) electrons. The fourth-order valence-electron chi connectivity index (χ4n) is 1.10. The van der Waals surface area contributed by atoms with Crippen molar-refractivity contribution >= 4 is 8.32 Å². The maximum absolute atomic E-state index is 8.56. The zero-order chi connectivity index (χ0) is 12.7.